The molecule has 0 aliphatic carbocycles. The maximum atomic E-state index is 13.0. The van der Waals surface area contributed by atoms with Crippen molar-refractivity contribution in [1.82, 2.24) is 4.90 Å². The molecule has 0 radical (unpaired) electrons. The van der Waals surface area contributed by atoms with E-state index in [9.17, 15) is 9.90 Å². The number of hydrogen-bond donors (Lipinski definition) is 2. The van der Waals surface area contributed by atoms with Gasteiger partial charge >= 0.3 is 0 Å². The SMILES string of the molecule is O=C(c1cccc2c1NCCC2)N1CCCCCC1CO. The summed E-state index contributed by atoms with van der Waals surface area (Å²) in [6.07, 6.45) is 6.33. The van der Waals surface area contributed by atoms with E-state index in [-0.39, 0.29) is 18.6 Å². The lowest BCUT2D eigenvalue weighted by atomic mass is 9.98. The van der Waals surface area contributed by atoms with Gasteiger partial charge in [-0.15, -0.1) is 0 Å². The molecule has 1 unspecified atom stereocenters. The highest BCUT2D eigenvalue weighted by molar-refractivity contribution is 6.00. The molecule has 21 heavy (non-hydrogen) atoms. The van der Waals surface area contributed by atoms with Gasteiger partial charge in [0.1, 0.15) is 0 Å². The molecule has 1 aromatic rings. The lowest BCUT2D eigenvalue weighted by molar-refractivity contribution is 0.0600. The van der Waals surface area contributed by atoms with E-state index in [1.165, 1.54) is 5.56 Å². The molecular formula is C17H24N2O2. The van der Waals surface area contributed by atoms with Crippen LogP contribution in [0.25, 0.3) is 0 Å². The number of fused-ring (bicyclic) bond motifs is 1. The van der Waals surface area contributed by atoms with Gasteiger partial charge < -0.3 is 15.3 Å². The number of nitrogens with zero attached hydrogens (tertiary/aromatic N) is 1. The zero-order valence-corrected chi connectivity index (χ0v) is 12.5. The second-order valence-corrected chi connectivity index (χ2v) is 6.05. The number of amides is 1. The van der Waals surface area contributed by atoms with Gasteiger partial charge in [0.05, 0.1) is 23.9 Å². The largest absolute Gasteiger partial charge is 0.394 e. The minimum Gasteiger partial charge on any atom is -0.394 e. The quantitative estimate of drug-likeness (QED) is 0.879. The molecule has 0 spiro atoms. The summed E-state index contributed by atoms with van der Waals surface area (Å²) in [4.78, 5) is 14.9. The van der Waals surface area contributed by atoms with Crippen molar-refractivity contribution in [1.29, 1.82) is 0 Å². The number of likely N-dealkylation sites (tertiary alicyclic amines) is 1. The summed E-state index contributed by atoms with van der Waals surface area (Å²) in [5.74, 6) is 0.0715. The van der Waals surface area contributed by atoms with Gasteiger partial charge in [0.25, 0.3) is 5.91 Å². The first-order valence-corrected chi connectivity index (χ1v) is 8.09. The third-order valence-corrected chi connectivity index (χ3v) is 4.65. The summed E-state index contributed by atoms with van der Waals surface area (Å²) in [6, 6.07) is 5.97. The molecule has 1 amide bonds. The van der Waals surface area contributed by atoms with Crippen molar-refractivity contribution in [3.63, 3.8) is 0 Å². The Morgan fingerprint density at radius 2 is 2.19 bits per heavy atom. The topological polar surface area (TPSA) is 52.6 Å². The van der Waals surface area contributed by atoms with E-state index >= 15 is 0 Å². The monoisotopic (exact) mass is 288 g/mol. The van der Waals surface area contributed by atoms with E-state index in [2.05, 4.69) is 11.4 Å². The van der Waals surface area contributed by atoms with Crippen molar-refractivity contribution in [2.24, 2.45) is 0 Å². The van der Waals surface area contributed by atoms with Crippen molar-refractivity contribution in [3.8, 4) is 0 Å². The summed E-state index contributed by atoms with van der Waals surface area (Å²) in [7, 11) is 0. The second kappa shape index (κ2) is 6.48. The van der Waals surface area contributed by atoms with Crippen molar-refractivity contribution in [2.45, 2.75) is 44.6 Å². The van der Waals surface area contributed by atoms with E-state index < -0.39 is 0 Å². The lowest BCUT2D eigenvalue weighted by Gasteiger charge is -2.30. The number of rotatable bonds is 2. The van der Waals surface area contributed by atoms with Crippen LogP contribution in [0.3, 0.4) is 0 Å². The van der Waals surface area contributed by atoms with E-state index in [1.54, 1.807) is 0 Å². The van der Waals surface area contributed by atoms with Crippen LogP contribution in [0.15, 0.2) is 18.2 Å². The van der Waals surface area contributed by atoms with E-state index in [0.29, 0.717) is 0 Å². The van der Waals surface area contributed by atoms with Gasteiger partial charge in [-0.05, 0) is 37.3 Å². The first-order valence-electron chi connectivity index (χ1n) is 8.09. The average Bonchev–Trinajstić information content (AvgIpc) is 2.79. The molecule has 0 saturated carbocycles. The van der Waals surface area contributed by atoms with Gasteiger partial charge in [0.15, 0.2) is 0 Å². The molecule has 1 aromatic carbocycles. The predicted octanol–water partition coefficient (Wildman–Crippen LogP) is 2.42. The molecular weight excluding hydrogens is 264 g/mol. The molecule has 2 heterocycles. The molecule has 0 bridgehead atoms. The molecule has 2 aliphatic rings. The average molecular weight is 288 g/mol. The number of nitrogens with one attached hydrogen (secondary N) is 1. The number of aliphatic hydroxyl groups excluding tert-OH is 1. The normalized spacial score (nSPS) is 22.1. The summed E-state index contributed by atoms with van der Waals surface area (Å²) >= 11 is 0. The van der Waals surface area contributed by atoms with Gasteiger partial charge in [0, 0.05) is 13.1 Å². The summed E-state index contributed by atoms with van der Waals surface area (Å²) in [5, 5.41) is 13.0. The van der Waals surface area contributed by atoms with Crippen molar-refractivity contribution >= 4 is 11.6 Å². The van der Waals surface area contributed by atoms with Crippen LogP contribution in [0.1, 0.15) is 48.0 Å². The van der Waals surface area contributed by atoms with Gasteiger partial charge in [-0.25, -0.2) is 0 Å². The van der Waals surface area contributed by atoms with Crippen LogP contribution in [0.5, 0.6) is 0 Å². The zero-order valence-electron chi connectivity index (χ0n) is 12.5. The molecule has 2 aliphatic heterocycles. The highest BCUT2D eigenvalue weighted by Gasteiger charge is 2.28. The number of benzene rings is 1. The first-order chi connectivity index (χ1) is 10.3. The lowest BCUT2D eigenvalue weighted by Crippen LogP contribution is -2.42. The third kappa shape index (κ3) is 2.91. The van der Waals surface area contributed by atoms with Crippen molar-refractivity contribution in [2.75, 3.05) is 25.0 Å². The molecule has 1 fully saturated rings. The maximum Gasteiger partial charge on any atom is 0.256 e. The fourth-order valence-electron chi connectivity index (χ4n) is 3.48. The number of para-hydroxylation sites is 1. The van der Waals surface area contributed by atoms with Crippen LogP contribution in [0.2, 0.25) is 0 Å². The van der Waals surface area contributed by atoms with Crippen LogP contribution in [0.4, 0.5) is 5.69 Å². The third-order valence-electron chi connectivity index (χ3n) is 4.65. The molecule has 114 valence electrons. The summed E-state index contributed by atoms with van der Waals surface area (Å²) in [5.41, 5.74) is 3.02. The maximum absolute atomic E-state index is 13.0. The minimum absolute atomic E-state index is 0.0283. The molecule has 0 aromatic heterocycles. The highest BCUT2D eigenvalue weighted by atomic mass is 16.3. The smallest absolute Gasteiger partial charge is 0.256 e. The number of carbonyl (C=O) groups excluding carboxylic acids is 1. The van der Waals surface area contributed by atoms with Crippen LogP contribution in [-0.4, -0.2) is 41.7 Å². The highest BCUT2D eigenvalue weighted by Crippen LogP contribution is 2.28. The molecule has 2 N–H and O–H groups in total. The Morgan fingerprint density at radius 3 is 3.05 bits per heavy atom. The summed E-state index contributed by atoms with van der Waals surface area (Å²) < 4.78 is 0. The van der Waals surface area contributed by atoms with Gasteiger partial charge in [-0.2, -0.15) is 0 Å². The van der Waals surface area contributed by atoms with Crippen LogP contribution in [0, 0.1) is 0 Å². The standard InChI is InChI=1S/C17H24N2O2/c20-12-14-8-2-1-3-11-19(14)17(21)15-9-4-6-13-7-5-10-18-16(13)15/h4,6,9,14,18,20H,1-3,5,7-8,10-12H2. The number of aryl methyl sites for hydroxylation is 1. The van der Waals surface area contributed by atoms with Gasteiger partial charge in [0.2, 0.25) is 0 Å². The van der Waals surface area contributed by atoms with E-state index in [4.69, 9.17) is 0 Å². The van der Waals surface area contributed by atoms with E-state index in [0.717, 1.165) is 62.9 Å². The first kappa shape index (κ1) is 14.4. The van der Waals surface area contributed by atoms with Crippen LogP contribution < -0.4 is 5.32 Å². The Hall–Kier alpha value is -1.55. The number of anilines is 1. The number of carbonyl (C=O) groups is 1. The molecule has 3 rings (SSSR count). The van der Waals surface area contributed by atoms with Crippen molar-refractivity contribution in [3.05, 3.63) is 29.3 Å². The summed E-state index contributed by atoms with van der Waals surface area (Å²) in [6.45, 7) is 1.75. The molecule has 1 saturated heterocycles. The van der Waals surface area contributed by atoms with Gasteiger partial charge in [-0.3, -0.25) is 4.79 Å². The Bertz CT molecular complexity index is 516. The Kier molecular flexibility index (Phi) is 4.44. The van der Waals surface area contributed by atoms with E-state index in [1.807, 2.05) is 17.0 Å². The fourth-order valence-corrected chi connectivity index (χ4v) is 3.48. The second-order valence-electron chi connectivity index (χ2n) is 6.05. The Labute approximate surface area is 126 Å². The number of aliphatic hydroxyl groups is 1. The fraction of sp³-hybridized carbons (Fsp3) is 0.588. The number of hydrogen-bond acceptors (Lipinski definition) is 3. The molecule has 4 nitrogen and oxygen atoms in total. The van der Waals surface area contributed by atoms with Crippen LogP contribution >= 0.6 is 0 Å². The van der Waals surface area contributed by atoms with Crippen LogP contribution in [-0.2, 0) is 6.42 Å². The Morgan fingerprint density at radius 1 is 1.29 bits per heavy atom. The molecule has 4 heteroatoms. The van der Waals surface area contributed by atoms with Crippen molar-refractivity contribution < 1.29 is 9.90 Å². The van der Waals surface area contributed by atoms with Gasteiger partial charge in [-0.1, -0.05) is 25.0 Å². The zero-order chi connectivity index (χ0) is 14.7. The Balaban J connectivity index is 1.90. The predicted molar refractivity (Wildman–Crippen MR) is 83.6 cm³/mol. The minimum atomic E-state index is -0.0283. The molecule has 1 atom stereocenters.